The summed E-state index contributed by atoms with van der Waals surface area (Å²) in [6.07, 6.45) is 0. The zero-order valence-corrected chi connectivity index (χ0v) is 11.6. The number of anilines is 1. The highest BCUT2D eigenvalue weighted by atomic mass is 35.5. The number of amides is 1. The lowest BCUT2D eigenvalue weighted by Gasteiger charge is -2.10. The molecule has 0 spiro atoms. The Balaban J connectivity index is 1.94. The van der Waals surface area contributed by atoms with E-state index in [9.17, 15) is 9.18 Å². The Bertz CT molecular complexity index is 631. The van der Waals surface area contributed by atoms with Crippen LogP contribution in [0.5, 0.6) is 5.75 Å². The number of aryl methyl sites for hydroxylation is 1. The minimum Gasteiger partial charge on any atom is -0.484 e. The SMILES string of the molecule is Cc1ccc(Cl)cc1NC(=O)COc1cccc(F)c1. The van der Waals surface area contributed by atoms with Crippen LogP contribution in [0.3, 0.4) is 0 Å². The Hall–Kier alpha value is -2.07. The summed E-state index contributed by atoms with van der Waals surface area (Å²) in [6, 6.07) is 10.9. The average molecular weight is 294 g/mol. The van der Waals surface area contributed by atoms with Gasteiger partial charge in [0, 0.05) is 16.8 Å². The number of carbonyl (C=O) groups is 1. The van der Waals surface area contributed by atoms with Crippen molar-refractivity contribution < 1.29 is 13.9 Å². The van der Waals surface area contributed by atoms with Gasteiger partial charge in [-0.15, -0.1) is 0 Å². The molecule has 0 aliphatic rings. The van der Waals surface area contributed by atoms with Crippen LogP contribution >= 0.6 is 11.6 Å². The molecule has 2 aromatic carbocycles. The van der Waals surface area contributed by atoms with E-state index >= 15 is 0 Å². The Morgan fingerprint density at radius 2 is 2.10 bits per heavy atom. The number of nitrogens with one attached hydrogen (secondary N) is 1. The molecule has 0 unspecified atom stereocenters. The maximum Gasteiger partial charge on any atom is 0.262 e. The molecule has 0 bridgehead atoms. The highest BCUT2D eigenvalue weighted by Gasteiger charge is 2.06. The number of ether oxygens (including phenoxy) is 1. The monoisotopic (exact) mass is 293 g/mol. The Labute approximate surface area is 121 Å². The quantitative estimate of drug-likeness (QED) is 0.931. The van der Waals surface area contributed by atoms with Gasteiger partial charge in [-0.1, -0.05) is 23.7 Å². The molecule has 0 saturated carbocycles. The molecule has 0 fully saturated rings. The standard InChI is InChI=1S/C15H13ClFNO2/c1-10-5-6-11(16)7-14(10)18-15(19)9-20-13-4-2-3-12(17)8-13/h2-8H,9H2,1H3,(H,18,19). The molecule has 0 saturated heterocycles. The Morgan fingerprint density at radius 1 is 1.30 bits per heavy atom. The summed E-state index contributed by atoms with van der Waals surface area (Å²) in [7, 11) is 0. The third-order valence-electron chi connectivity index (χ3n) is 2.64. The van der Waals surface area contributed by atoms with Crippen molar-refractivity contribution in [3.8, 4) is 5.75 Å². The molecule has 0 aromatic heterocycles. The summed E-state index contributed by atoms with van der Waals surface area (Å²) < 4.78 is 18.1. The second-order valence-corrected chi connectivity index (χ2v) is 4.69. The van der Waals surface area contributed by atoms with Gasteiger partial charge in [0.2, 0.25) is 0 Å². The fourth-order valence-corrected chi connectivity index (χ4v) is 1.79. The molecule has 0 atom stereocenters. The van der Waals surface area contributed by atoms with E-state index in [1.807, 2.05) is 13.0 Å². The first kappa shape index (κ1) is 14.3. The molecule has 0 radical (unpaired) electrons. The van der Waals surface area contributed by atoms with E-state index in [1.54, 1.807) is 18.2 Å². The van der Waals surface area contributed by atoms with Crippen LogP contribution in [-0.2, 0) is 4.79 Å². The lowest BCUT2D eigenvalue weighted by atomic mass is 10.2. The molecule has 1 amide bonds. The summed E-state index contributed by atoms with van der Waals surface area (Å²) in [5.41, 5.74) is 1.53. The maximum atomic E-state index is 12.9. The summed E-state index contributed by atoms with van der Waals surface area (Å²) in [5, 5.41) is 3.23. The van der Waals surface area contributed by atoms with Gasteiger partial charge >= 0.3 is 0 Å². The average Bonchev–Trinajstić information content (AvgIpc) is 2.41. The normalized spacial score (nSPS) is 10.2. The second-order valence-electron chi connectivity index (χ2n) is 4.25. The first-order valence-corrected chi connectivity index (χ1v) is 6.37. The van der Waals surface area contributed by atoms with Crippen molar-refractivity contribution in [1.29, 1.82) is 0 Å². The second kappa shape index (κ2) is 6.39. The molecule has 3 nitrogen and oxygen atoms in total. The van der Waals surface area contributed by atoms with E-state index in [1.165, 1.54) is 18.2 Å². The third kappa shape index (κ3) is 3.96. The van der Waals surface area contributed by atoms with Crippen LogP contribution in [0.15, 0.2) is 42.5 Å². The summed E-state index contributed by atoms with van der Waals surface area (Å²) in [6.45, 7) is 1.66. The van der Waals surface area contributed by atoms with Gasteiger partial charge in [-0.3, -0.25) is 4.79 Å². The largest absolute Gasteiger partial charge is 0.484 e. The lowest BCUT2D eigenvalue weighted by molar-refractivity contribution is -0.118. The van der Waals surface area contributed by atoms with E-state index in [2.05, 4.69) is 5.32 Å². The molecule has 0 aliphatic heterocycles. The van der Waals surface area contributed by atoms with E-state index in [0.717, 1.165) is 5.56 Å². The van der Waals surface area contributed by atoms with E-state index in [-0.39, 0.29) is 12.5 Å². The minimum absolute atomic E-state index is 0.199. The fraction of sp³-hybridized carbons (Fsp3) is 0.133. The highest BCUT2D eigenvalue weighted by molar-refractivity contribution is 6.31. The topological polar surface area (TPSA) is 38.3 Å². The van der Waals surface area contributed by atoms with Crippen LogP contribution in [0, 0.1) is 12.7 Å². The van der Waals surface area contributed by atoms with Gasteiger partial charge in [-0.05, 0) is 36.8 Å². The summed E-state index contributed by atoms with van der Waals surface area (Å²) in [4.78, 5) is 11.8. The van der Waals surface area contributed by atoms with Gasteiger partial charge in [0.15, 0.2) is 6.61 Å². The van der Waals surface area contributed by atoms with Gasteiger partial charge in [0.25, 0.3) is 5.91 Å². The van der Waals surface area contributed by atoms with Crippen molar-refractivity contribution >= 4 is 23.2 Å². The van der Waals surface area contributed by atoms with Crippen LogP contribution in [0.2, 0.25) is 5.02 Å². The molecule has 5 heteroatoms. The smallest absolute Gasteiger partial charge is 0.262 e. The number of hydrogen-bond donors (Lipinski definition) is 1. The van der Waals surface area contributed by atoms with Crippen molar-refractivity contribution in [3.05, 3.63) is 58.9 Å². The zero-order chi connectivity index (χ0) is 14.5. The number of benzene rings is 2. The Morgan fingerprint density at radius 3 is 2.85 bits per heavy atom. The lowest BCUT2D eigenvalue weighted by Crippen LogP contribution is -2.20. The van der Waals surface area contributed by atoms with Crippen LogP contribution in [0.1, 0.15) is 5.56 Å². The predicted octanol–water partition coefficient (Wildman–Crippen LogP) is 3.81. The number of halogens is 2. The first-order valence-electron chi connectivity index (χ1n) is 5.99. The van der Waals surface area contributed by atoms with Crippen molar-refractivity contribution in [2.75, 3.05) is 11.9 Å². The molecule has 1 N–H and O–H groups in total. The predicted molar refractivity (Wildman–Crippen MR) is 76.7 cm³/mol. The molecule has 0 aliphatic carbocycles. The molecule has 0 heterocycles. The molecule has 104 valence electrons. The van der Waals surface area contributed by atoms with E-state index in [0.29, 0.717) is 16.5 Å². The van der Waals surface area contributed by atoms with Gasteiger partial charge in [-0.25, -0.2) is 4.39 Å². The minimum atomic E-state index is -0.409. The van der Waals surface area contributed by atoms with Gasteiger partial charge in [-0.2, -0.15) is 0 Å². The highest BCUT2D eigenvalue weighted by Crippen LogP contribution is 2.20. The van der Waals surface area contributed by atoms with Gasteiger partial charge < -0.3 is 10.1 Å². The molecule has 2 aromatic rings. The number of hydrogen-bond acceptors (Lipinski definition) is 2. The van der Waals surface area contributed by atoms with Gasteiger partial charge in [0.05, 0.1) is 0 Å². The fourth-order valence-electron chi connectivity index (χ4n) is 1.62. The molecular formula is C15H13ClFNO2. The molecule has 20 heavy (non-hydrogen) atoms. The van der Waals surface area contributed by atoms with Crippen molar-refractivity contribution in [3.63, 3.8) is 0 Å². The van der Waals surface area contributed by atoms with Crippen molar-refractivity contribution in [2.45, 2.75) is 6.92 Å². The first-order chi connectivity index (χ1) is 9.54. The number of carbonyl (C=O) groups excluding carboxylic acids is 1. The van der Waals surface area contributed by atoms with Crippen molar-refractivity contribution in [1.82, 2.24) is 0 Å². The molecule has 2 rings (SSSR count). The maximum absolute atomic E-state index is 12.9. The van der Waals surface area contributed by atoms with Gasteiger partial charge in [0.1, 0.15) is 11.6 Å². The summed E-state index contributed by atoms with van der Waals surface area (Å²) in [5.74, 6) is -0.434. The van der Waals surface area contributed by atoms with E-state index < -0.39 is 5.82 Å². The van der Waals surface area contributed by atoms with Crippen LogP contribution < -0.4 is 10.1 Å². The number of rotatable bonds is 4. The van der Waals surface area contributed by atoms with Crippen LogP contribution in [0.25, 0.3) is 0 Å². The zero-order valence-electron chi connectivity index (χ0n) is 10.8. The van der Waals surface area contributed by atoms with E-state index in [4.69, 9.17) is 16.3 Å². The van der Waals surface area contributed by atoms with Crippen LogP contribution in [0.4, 0.5) is 10.1 Å². The third-order valence-corrected chi connectivity index (χ3v) is 2.87. The molecular weight excluding hydrogens is 281 g/mol. The Kier molecular flexibility index (Phi) is 4.58. The van der Waals surface area contributed by atoms with Crippen molar-refractivity contribution in [2.24, 2.45) is 0 Å². The van der Waals surface area contributed by atoms with Crippen LogP contribution in [-0.4, -0.2) is 12.5 Å². The summed E-state index contributed by atoms with van der Waals surface area (Å²) >= 11 is 5.87.